The van der Waals surface area contributed by atoms with Crippen LogP contribution in [0.5, 0.6) is 0 Å². The monoisotopic (exact) mass is 196 g/mol. The molecule has 0 aliphatic carbocycles. The van der Waals surface area contributed by atoms with E-state index in [0.717, 1.165) is 13.0 Å². The molecule has 6 heteroatoms. The highest BCUT2D eigenvalue weighted by Crippen LogP contribution is 2.07. The summed E-state index contributed by atoms with van der Waals surface area (Å²) >= 11 is 0. The predicted octanol–water partition coefficient (Wildman–Crippen LogP) is -0.979. The number of aliphatic imine (C=N–C) groups is 3. The quantitative estimate of drug-likeness (QED) is 0.417. The van der Waals surface area contributed by atoms with Crippen molar-refractivity contribution in [1.29, 1.82) is 0 Å². The minimum atomic E-state index is 0.0207. The second kappa shape index (κ2) is 4.59. The number of guanidine groups is 2. The lowest BCUT2D eigenvalue weighted by Crippen LogP contribution is -2.38. The summed E-state index contributed by atoms with van der Waals surface area (Å²) in [6.07, 6.45) is 2.88. The smallest absolute Gasteiger partial charge is 0.223 e. The highest BCUT2D eigenvalue weighted by molar-refractivity contribution is 5.94. The first-order chi connectivity index (χ1) is 6.65. The maximum Gasteiger partial charge on any atom is 0.223 e. The third kappa shape index (κ3) is 2.45. The van der Waals surface area contributed by atoms with Gasteiger partial charge in [-0.2, -0.15) is 4.99 Å². The van der Waals surface area contributed by atoms with Crippen molar-refractivity contribution in [1.82, 2.24) is 4.90 Å². The van der Waals surface area contributed by atoms with Gasteiger partial charge < -0.3 is 16.4 Å². The Bertz CT molecular complexity index is 276. The zero-order chi connectivity index (χ0) is 10.6. The molecule has 1 unspecified atom stereocenters. The number of hydrogen-bond acceptors (Lipinski definition) is 2. The summed E-state index contributed by atoms with van der Waals surface area (Å²) in [6.45, 7) is 0.855. The maximum atomic E-state index is 5.29. The molecule has 1 heterocycles. The number of nitrogens with zero attached hydrogens (tertiary/aromatic N) is 4. The van der Waals surface area contributed by atoms with Crippen LogP contribution in [0.4, 0.5) is 0 Å². The number of hydrogen-bond donors (Lipinski definition) is 2. The van der Waals surface area contributed by atoms with E-state index in [0.29, 0.717) is 5.96 Å². The molecule has 6 nitrogen and oxygen atoms in total. The first-order valence-electron chi connectivity index (χ1n) is 4.44. The molecule has 0 saturated carbocycles. The SMILES string of the molecule is CN=C(N=C(N)N)N(C)C1C=NCC1. The van der Waals surface area contributed by atoms with Gasteiger partial charge in [0.25, 0.3) is 0 Å². The Hall–Kier alpha value is -1.59. The van der Waals surface area contributed by atoms with Crippen LogP contribution in [0.1, 0.15) is 6.42 Å². The molecule has 0 spiro atoms. The van der Waals surface area contributed by atoms with E-state index >= 15 is 0 Å². The minimum Gasteiger partial charge on any atom is -0.370 e. The molecular formula is C8H16N6. The van der Waals surface area contributed by atoms with Crippen LogP contribution in [0.3, 0.4) is 0 Å². The van der Waals surface area contributed by atoms with Crippen molar-refractivity contribution in [3.8, 4) is 0 Å². The van der Waals surface area contributed by atoms with Gasteiger partial charge in [-0.05, 0) is 6.42 Å². The van der Waals surface area contributed by atoms with Gasteiger partial charge in [0.05, 0.1) is 6.04 Å². The molecule has 1 aliphatic rings. The van der Waals surface area contributed by atoms with Crippen molar-refractivity contribution in [3.63, 3.8) is 0 Å². The molecule has 0 radical (unpaired) electrons. The van der Waals surface area contributed by atoms with Crippen molar-refractivity contribution in [2.24, 2.45) is 26.4 Å². The van der Waals surface area contributed by atoms with E-state index in [-0.39, 0.29) is 12.0 Å². The number of rotatable bonds is 1. The fourth-order valence-electron chi connectivity index (χ4n) is 1.32. The first kappa shape index (κ1) is 10.5. The van der Waals surface area contributed by atoms with E-state index in [1.165, 1.54) is 0 Å². The highest BCUT2D eigenvalue weighted by Gasteiger charge is 2.18. The average Bonchev–Trinajstić information content (AvgIpc) is 2.65. The van der Waals surface area contributed by atoms with Gasteiger partial charge in [-0.25, -0.2) is 0 Å². The Morgan fingerprint density at radius 3 is 2.71 bits per heavy atom. The Labute approximate surface area is 83.4 Å². The molecule has 0 fully saturated rings. The fourth-order valence-corrected chi connectivity index (χ4v) is 1.32. The molecule has 0 bridgehead atoms. The van der Waals surface area contributed by atoms with Crippen molar-refractivity contribution >= 4 is 18.1 Å². The van der Waals surface area contributed by atoms with Gasteiger partial charge in [0, 0.05) is 26.9 Å². The standard InChI is InChI=1S/C8H16N6/c1-11-8(13-7(9)10)14(2)6-3-4-12-5-6/h5-6H,3-4H2,1-2H3,(H4,9,10,11,13). The first-order valence-corrected chi connectivity index (χ1v) is 4.44. The Morgan fingerprint density at radius 2 is 2.29 bits per heavy atom. The lowest BCUT2D eigenvalue weighted by Gasteiger charge is -2.22. The van der Waals surface area contributed by atoms with Crippen LogP contribution >= 0.6 is 0 Å². The highest BCUT2D eigenvalue weighted by atomic mass is 15.3. The van der Waals surface area contributed by atoms with Crippen LogP contribution in [0.2, 0.25) is 0 Å². The Balaban J connectivity index is 2.70. The van der Waals surface area contributed by atoms with Crippen LogP contribution in [0, 0.1) is 0 Å². The third-order valence-corrected chi connectivity index (χ3v) is 2.07. The molecule has 0 aromatic heterocycles. The Morgan fingerprint density at radius 1 is 1.57 bits per heavy atom. The molecular weight excluding hydrogens is 180 g/mol. The normalized spacial score (nSPS) is 21.0. The summed E-state index contributed by atoms with van der Waals surface area (Å²) in [7, 11) is 3.56. The summed E-state index contributed by atoms with van der Waals surface area (Å²) in [6, 6.07) is 0.247. The van der Waals surface area contributed by atoms with Gasteiger partial charge in [0.15, 0.2) is 5.96 Å². The van der Waals surface area contributed by atoms with E-state index in [1.807, 2.05) is 18.2 Å². The van der Waals surface area contributed by atoms with Gasteiger partial charge in [-0.1, -0.05) is 0 Å². The largest absolute Gasteiger partial charge is 0.370 e. The Kier molecular flexibility index (Phi) is 3.44. The van der Waals surface area contributed by atoms with E-state index in [9.17, 15) is 0 Å². The maximum absolute atomic E-state index is 5.29. The minimum absolute atomic E-state index is 0.0207. The average molecular weight is 196 g/mol. The third-order valence-electron chi connectivity index (χ3n) is 2.07. The summed E-state index contributed by atoms with van der Waals surface area (Å²) in [5.41, 5.74) is 10.6. The van der Waals surface area contributed by atoms with Crippen molar-refractivity contribution in [2.45, 2.75) is 12.5 Å². The topological polar surface area (TPSA) is 92.4 Å². The molecule has 1 rings (SSSR count). The summed E-state index contributed by atoms with van der Waals surface area (Å²) in [5.74, 6) is 0.552. The number of nitrogens with two attached hydrogens (primary N) is 2. The molecule has 0 amide bonds. The molecule has 1 atom stereocenters. The second-order valence-electron chi connectivity index (χ2n) is 3.08. The molecule has 78 valence electrons. The van der Waals surface area contributed by atoms with E-state index in [4.69, 9.17) is 11.5 Å². The predicted molar refractivity (Wildman–Crippen MR) is 58.7 cm³/mol. The van der Waals surface area contributed by atoms with Crippen LogP contribution in [-0.4, -0.2) is 49.7 Å². The molecule has 0 aromatic rings. The lowest BCUT2D eigenvalue weighted by molar-refractivity contribution is 0.444. The lowest BCUT2D eigenvalue weighted by atomic mass is 10.2. The van der Waals surface area contributed by atoms with Crippen LogP contribution < -0.4 is 11.5 Å². The molecule has 0 aromatic carbocycles. The fraction of sp³-hybridized carbons (Fsp3) is 0.625. The van der Waals surface area contributed by atoms with Gasteiger partial charge in [-0.15, -0.1) is 0 Å². The van der Waals surface area contributed by atoms with Crippen LogP contribution in [0.25, 0.3) is 0 Å². The van der Waals surface area contributed by atoms with Gasteiger partial charge >= 0.3 is 0 Å². The second-order valence-corrected chi connectivity index (χ2v) is 3.08. The zero-order valence-corrected chi connectivity index (χ0v) is 8.51. The molecule has 14 heavy (non-hydrogen) atoms. The summed E-state index contributed by atoms with van der Waals surface area (Å²) in [4.78, 5) is 14.0. The summed E-state index contributed by atoms with van der Waals surface area (Å²) in [5, 5.41) is 0. The van der Waals surface area contributed by atoms with Crippen LogP contribution in [-0.2, 0) is 0 Å². The van der Waals surface area contributed by atoms with E-state index in [1.54, 1.807) is 7.05 Å². The van der Waals surface area contributed by atoms with Gasteiger partial charge in [0.2, 0.25) is 5.96 Å². The molecule has 0 saturated heterocycles. The van der Waals surface area contributed by atoms with E-state index < -0.39 is 0 Å². The van der Waals surface area contributed by atoms with Gasteiger partial charge in [0.1, 0.15) is 0 Å². The van der Waals surface area contributed by atoms with Gasteiger partial charge in [-0.3, -0.25) is 9.98 Å². The molecule has 4 N–H and O–H groups in total. The van der Waals surface area contributed by atoms with Crippen molar-refractivity contribution in [2.75, 3.05) is 20.6 Å². The zero-order valence-electron chi connectivity index (χ0n) is 8.51. The molecule has 1 aliphatic heterocycles. The van der Waals surface area contributed by atoms with Crippen molar-refractivity contribution < 1.29 is 0 Å². The van der Waals surface area contributed by atoms with Crippen LogP contribution in [0.15, 0.2) is 15.0 Å². The van der Waals surface area contributed by atoms with E-state index in [2.05, 4.69) is 15.0 Å². The summed E-state index contributed by atoms with van der Waals surface area (Å²) < 4.78 is 0. The van der Waals surface area contributed by atoms with Crippen molar-refractivity contribution in [3.05, 3.63) is 0 Å².